The highest BCUT2D eigenvalue weighted by molar-refractivity contribution is 8.71. The average Bonchev–Trinajstić information content (AvgIpc) is 2.14. The van der Waals surface area contributed by atoms with Gasteiger partial charge in [-0.15, -0.1) is 0 Å². The summed E-state index contributed by atoms with van der Waals surface area (Å²) in [7, 11) is -1.99. The Hall–Kier alpha value is -0.880. The van der Waals surface area contributed by atoms with Crippen LogP contribution in [0.5, 0.6) is 0 Å². The van der Waals surface area contributed by atoms with Gasteiger partial charge in [0.1, 0.15) is 0 Å². The molecule has 0 fully saturated rings. The quantitative estimate of drug-likeness (QED) is 0.466. The molecule has 3 N–H and O–H groups in total. The van der Waals surface area contributed by atoms with Gasteiger partial charge in [-0.3, -0.25) is 0 Å². The normalized spacial score (nSPS) is 11.3. The molecule has 0 bridgehead atoms. The lowest BCUT2D eigenvalue weighted by molar-refractivity contribution is 0.615. The van der Waals surface area contributed by atoms with E-state index in [0.717, 1.165) is 16.5 Å². The molecule has 0 aromatic heterocycles. The topological polar surface area (TPSA) is 72.2 Å². The van der Waals surface area contributed by atoms with E-state index in [1.165, 1.54) is 6.26 Å². The summed E-state index contributed by atoms with van der Waals surface area (Å²) in [6, 6.07) is 7.32. The van der Waals surface area contributed by atoms with Crippen molar-refractivity contribution in [1.82, 2.24) is 0 Å². The third-order valence-electron chi connectivity index (χ3n) is 1.64. The molecule has 1 aromatic carbocycles. The van der Waals surface area contributed by atoms with Crippen LogP contribution in [-0.4, -0.2) is 27.0 Å². The first-order valence-electron chi connectivity index (χ1n) is 4.41. The summed E-state index contributed by atoms with van der Waals surface area (Å²) in [6.07, 6.45) is 1.21. The summed E-state index contributed by atoms with van der Waals surface area (Å²) in [4.78, 5) is 0. The molecule has 1 rings (SSSR count). The van der Waals surface area contributed by atoms with Crippen LogP contribution in [0, 0.1) is 0 Å². The second-order valence-corrected chi connectivity index (χ2v) is 7.65. The van der Waals surface area contributed by atoms with E-state index in [9.17, 15) is 8.42 Å². The summed E-state index contributed by atoms with van der Waals surface area (Å²) >= 11 is 0. The molecule has 0 saturated carbocycles. The molecular formula is C9H14N2O2S2. The molecule has 15 heavy (non-hydrogen) atoms. The van der Waals surface area contributed by atoms with Gasteiger partial charge < -0.3 is 11.1 Å². The zero-order valence-corrected chi connectivity index (χ0v) is 10.1. The number of hydrogen-bond donors (Lipinski definition) is 2. The zero-order valence-electron chi connectivity index (χ0n) is 8.43. The van der Waals surface area contributed by atoms with Crippen molar-refractivity contribution in [2.24, 2.45) is 0 Å². The maximum absolute atomic E-state index is 10.8. The van der Waals surface area contributed by atoms with Gasteiger partial charge in [-0.1, -0.05) is 0 Å². The first-order chi connectivity index (χ1) is 6.97. The zero-order chi connectivity index (χ0) is 11.3. The molecule has 0 aliphatic carbocycles. The summed E-state index contributed by atoms with van der Waals surface area (Å²) in [5.74, 6) is 0.531. The fourth-order valence-electron chi connectivity index (χ4n) is 0.989. The highest BCUT2D eigenvalue weighted by Crippen LogP contribution is 2.12. The van der Waals surface area contributed by atoms with E-state index < -0.39 is 8.87 Å². The highest BCUT2D eigenvalue weighted by atomic mass is 33.1. The first-order valence-corrected chi connectivity index (χ1v) is 7.80. The average molecular weight is 246 g/mol. The Morgan fingerprint density at radius 2 is 1.93 bits per heavy atom. The van der Waals surface area contributed by atoms with Gasteiger partial charge in [0.2, 0.25) is 0 Å². The van der Waals surface area contributed by atoms with Crippen molar-refractivity contribution in [3.8, 4) is 0 Å². The molecule has 0 unspecified atom stereocenters. The van der Waals surface area contributed by atoms with Crippen LogP contribution in [0.3, 0.4) is 0 Å². The molecule has 0 radical (unpaired) electrons. The summed E-state index contributed by atoms with van der Waals surface area (Å²) < 4.78 is 21.6. The van der Waals surface area contributed by atoms with Crippen LogP contribution in [0.1, 0.15) is 0 Å². The molecule has 0 aliphatic heterocycles. The van der Waals surface area contributed by atoms with E-state index in [4.69, 9.17) is 5.73 Å². The molecule has 84 valence electrons. The van der Waals surface area contributed by atoms with Gasteiger partial charge in [0.15, 0.2) is 8.87 Å². The van der Waals surface area contributed by atoms with Crippen molar-refractivity contribution >= 4 is 31.0 Å². The smallest absolute Gasteiger partial charge is 0.198 e. The Morgan fingerprint density at radius 3 is 2.47 bits per heavy atom. The second-order valence-electron chi connectivity index (χ2n) is 3.07. The van der Waals surface area contributed by atoms with E-state index in [2.05, 4.69) is 5.32 Å². The van der Waals surface area contributed by atoms with Gasteiger partial charge in [-0.05, 0) is 35.1 Å². The van der Waals surface area contributed by atoms with Gasteiger partial charge in [0.25, 0.3) is 0 Å². The lowest BCUT2D eigenvalue weighted by Gasteiger charge is -2.05. The van der Waals surface area contributed by atoms with Crippen LogP contribution in [0.25, 0.3) is 0 Å². The minimum Gasteiger partial charge on any atom is -0.399 e. The third-order valence-corrected chi connectivity index (χ3v) is 4.22. The molecular weight excluding hydrogens is 232 g/mol. The number of nitrogens with one attached hydrogen (secondary N) is 1. The van der Waals surface area contributed by atoms with Gasteiger partial charge in [0, 0.05) is 29.9 Å². The largest absolute Gasteiger partial charge is 0.399 e. The maximum Gasteiger partial charge on any atom is 0.198 e. The van der Waals surface area contributed by atoms with Crippen molar-refractivity contribution in [1.29, 1.82) is 0 Å². The number of nitrogen functional groups attached to an aromatic ring is 1. The minimum atomic E-state index is -2.93. The van der Waals surface area contributed by atoms with Crippen molar-refractivity contribution in [2.75, 3.05) is 29.6 Å². The van der Waals surface area contributed by atoms with Crippen molar-refractivity contribution in [2.45, 2.75) is 0 Å². The van der Waals surface area contributed by atoms with Crippen LogP contribution in [0.4, 0.5) is 11.4 Å². The number of anilines is 2. The molecule has 0 spiro atoms. The lowest BCUT2D eigenvalue weighted by Crippen LogP contribution is -2.05. The molecule has 0 aliphatic rings. The highest BCUT2D eigenvalue weighted by Gasteiger charge is 2.01. The maximum atomic E-state index is 10.8. The molecule has 0 atom stereocenters. The Morgan fingerprint density at radius 1 is 1.33 bits per heavy atom. The number of benzene rings is 1. The van der Waals surface area contributed by atoms with Crippen LogP contribution >= 0.6 is 10.8 Å². The van der Waals surface area contributed by atoms with Crippen molar-refractivity contribution in [3.63, 3.8) is 0 Å². The van der Waals surface area contributed by atoms with E-state index in [0.29, 0.717) is 18.0 Å². The standard InChI is InChI=1S/C9H14N2O2S2/c1-15(12,13)14-7-6-11-9-4-2-8(10)3-5-9/h2-5,11H,6-7,10H2,1H3. The van der Waals surface area contributed by atoms with E-state index in [-0.39, 0.29) is 0 Å². The Kier molecular flexibility index (Phi) is 4.28. The third kappa shape index (κ3) is 5.54. The lowest BCUT2D eigenvalue weighted by atomic mass is 10.3. The Bertz CT molecular complexity index is 401. The fraction of sp³-hybridized carbons (Fsp3) is 0.333. The van der Waals surface area contributed by atoms with Gasteiger partial charge in [0.05, 0.1) is 0 Å². The van der Waals surface area contributed by atoms with E-state index in [1.807, 2.05) is 12.1 Å². The van der Waals surface area contributed by atoms with Gasteiger partial charge in [-0.2, -0.15) is 0 Å². The molecule has 4 nitrogen and oxygen atoms in total. The monoisotopic (exact) mass is 246 g/mol. The van der Waals surface area contributed by atoms with Crippen LogP contribution in [0.15, 0.2) is 24.3 Å². The summed E-state index contributed by atoms with van der Waals surface area (Å²) in [5.41, 5.74) is 7.18. The Labute approximate surface area is 93.6 Å². The first kappa shape index (κ1) is 12.2. The molecule has 0 heterocycles. The number of hydrogen-bond acceptors (Lipinski definition) is 5. The Balaban J connectivity index is 2.29. The van der Waals surface area contributed by atoms with Crippen molar-refractivity contribution < 1.29 is 8.42 Å². The van der Waals surface area contributed by atoms with Crippen LogP contribution in [0.2, 0.25) is 0 Å². The second kappa shape index (κ2) is 5.27. The number of rotatable bonds is 5. The predicted octanol–water partition coefficient (Wildman–Crippen LogP) is 1.37. The van der Waals surface area contributed by atoms with Gasteiger partial charge >= 0.3 is 0 Å². The summed E-state index contributed by atoms with van der Waals surface area (Å²) in [5, 5.41) is 3.10. The number of nitrogens with two attached hydrogens (primary N) is 1. The summed E-state index contributed by atoms with van der Waals surface area (Å²) in [6.45, 7) is 0.613. The fourth-order valence-corrected chi connectivity index (χ4v) is 2.64. The predicted molar refractivity (Wildman–Crippen MR) is 66.6 cm³/mol. The SMILES string of the molecule is CS(=O)(=O)SCCNc1ccc(N)cc1. The van der Waals surface area contributed by atoms with E-state index in [1.54, 1.807) is 12.1 Å². The molecule has 1 aromatic rings. The van der Waals surface area contributed by atoms with Crippen molar-refractivity contribution in [3.05, 3.63) is 24.3 Å². The van der Waals surface area contributed by atoms with E-state index >= 15 is 0 Å². The molecule has 0 amide bonds. The van der Waals surface area contributed by atoms with Gasteiger partial charge in [-0.25, -0.2) is 8.42 Å². The molecule has 6 heteroatoms. The molecule has 0 saturated heterocycles. The minimum absolute atomic E-state index is 0.531. The van der Waals surface area contributed by atoms with Crippen LogP contribution in [-0.2, 0) is 8.87 Å². The van der Waals surface area contributed by atoms with Crippen LogP contribution < -0.4 is 11.1 Å².